The van der Waals surface area contributed by atoms with Gasteiger partial charge in [-0.3, -0.25) is 9.59 Å². The normalized spacial score (nSPS) is 11.9. The number of aromatic amines is 1. The van der Waals surface area contributed by atoms with Gasteiger partial charge in [-0.1, -0.05) is 72.8 Å². The average Bonchev–Trinajstić information content (AvgIpc) is 3.27. The Balaban J connectivity index is 1.46. The van der Waals surface area contributed by atoms with Crippen LogP contribution in [0, 0.1) is 0 Å². The molecule has 1 atom stereocenters. The van der Waals surface area contributed by atoms with Gasteiger partial charge in [-0.25, -0.2) is 0 Å². The zero-order chi connectivity index (χ0) is 23.2. The highest BCUT2D eigenvalue weighted by Gasteiger charge is 2.23. The summed E-state index contributed by atoms with van der Waals surface area (Å²) in [6.07, 6.45) is 2.99. The Morgan fingerprint density at radius 2 is 1.55 bits per heavy atom. The van der Waals surface area contributed by atoms with Crippen molar-refractivity contribution >= 4 is 22.6 Å². The number of aromatic nitrogens is 1. The molecule has 5 nitrogen and oxygen atoms in total. The lowest BCUT2D eigenvalue weighted by Crippen LogP contribution is -2.30. The number of rotatable bonds is 9. The smallest absolute Gasteiger partial charge is 0.226 e. The number of likely N-dealkylation sites (N-methyl/N-ethyl adjacent to an activating group) is 1. The molecular formula is C28H29N3O2. The molecule has 0 aliphatic rings. The molecule has 0 aliphatic heterocycles. The van der Waals surface area contributed by atoms with Crippen LogP contribution in [0.25, 0.3) is 10.9 Å². The van der Waals surface area contributed by atoms with E-state index in [1.807, 2.05) is 66.7 Å². The van der Waals surface area contributed by atoms with Crippen molar-refractivity contribution in [3.8, 4) is 0 Å². The second kappa shape index (κ2) is 10.3. The topological polar surface area (TPSA) is 65.2 Å². The predicted molar refractivity (Wildman–Crippen MR) is 132 cm³/mol. The van der Waals surface area contributed by atoms with Crippen LogP contribution in [-0.4, -0.2) is 42.2 Å². The maximum atomic E-state index is 13.5. The molecule has 0 unspecified atom stereocenters. The Bertz CT molecular complexity index is 1230. The molecule has 0 saturated carbocycles. The van der Waals surface area contributed by atoms with Gasteiger partial charge < -0.3 is 15.2 Å². The van der Waals surface area contributed by atoms with Crippen LogP contribution in [0.15, 0.2) is 85.1 Å². The van der Waals surface area contributed by atoms with Gasteiger partial charge in [0.05, 0.1) is 12.5 Å². The van der Waals surface area contributed by atoms with E-state index in [0.29, 0.717) is 18.5 Å². The van der Waals surface area contributed by atoms with Gasteiger partial charge in [0.15, 0.2) is 5.78 Å². The summed E-state index contributed by atoms with van der Waals surface area (Å²) in [6, 6.07) is 25.4. The first kappa shape index (κ1) is 22.5. The second-order valence-electron chi connectivity index (χ2n) is 8.44. The number of Topliss-reactive ketones (excluding diaryl/α,β-unsaturated/α-hetero) is 1. The molecule has 1 aromatic heterocycles. The van der Waals surface area contributed by atoms with Gasteiger partial charge in [0.2, 0.25) is 5.91 Å². The summed E-state index contributed by atoms with van der Waals surface area (Å²) >= 11 is 0. The lowest BCUT2D eigenvalue weighted by Gasteiger charge is -2.18. The van der Waals surface area contributed by atoms with Crippen molar-refractivity contribution in [2.75, 3.05) is 20.6 Å². The number of hydrogen-bond acceptors (Lipinski definition) is 3. The molecule has 1 amide bonds. The minimum atomic E-state index is -0.428. The minimum Gasteiger partial charge on any atom is -0.360 e. The fourth-order valence-electron chi connectivity index (χ4n) is 3.96. The summed E-state index contributed by atoms with van der Waals surface area (Å²) in [4.78, 5) is 30.3. The molecular weight excluding hydrogens is 410 g/mol. The molecule has 0 radical (unpaired) electrons. The van der Waals surface area contributed by atoms with E-state index in [0.717, 1.165) is 34.0 Å². The number of nitrogens with one attached hydrogen (secondary N) is 2. The molecule has 4 aromatic rings. The highest BCUT2D eigenvalue weighted by molar-refractivity contribution is 6.10. The van der Waals surface area contributed by atoms with Crippen molar-refractivity contribution in [2.45, 2.75) is 18.9 Å². The number of hydrogen-bond donors (Lipinski definition) is 2. The van der Waals surface area contributed by atoms with E-state index in [1.165, 1.54) is 0 Å². The lowest BCUT2D eigenvalue weighted by molar-refractivity contribution is -0.127. The number of carbonyl (C=O) groups is 2. The summed E-state index contributed by atoms with van der Waals surface area (Å²) < 4.78 is 0. The molecule has 0 saturated heterocycles. The molecule has 4 rings (SSSR count). The summed E-state index contributed by atoms with van der Waals surface area (Å²) in [6.45, 7) is 0.656. The minimum absolute atomic E-state index is 0.0520. The molecule has 0 spiro atoms. The quantitative estimate of drug-likeness (QED) is 0.376. The first-order chi connectivity index (χ1) is 16.0. The van der Waals surface area contributed by atoms with Crippen LogP contribution in [0.3, 0.4) is 0 Å². The average molecular weight is 440 g/mol. The van der Waals surface area contributed by atoms with Gasteiger partial charge >= 0.3 is 0 Å². The van der Waals surface area contributed by atoms with Crippen LogP contribution in [0.5, 0.6) is 0 Å². The Morgan fingerprint density at radius 1 is 0.879 bits per heavy atom. The lowest BCUT2D eigenvalue weighted by atomic mass is 9.96. The van der Waals surface area contributed by atoms with Gasteiger partial charge in [-0.15, -0.1) is 0 Å². The summed E-state index contributed by atoms with van der Waals surface area (Å²) in [5, 5.41) is 4.41. The van der Waals surface area contributed by atoms with Crippen molar-refractivity contribution in [3.63, 3.8) is 0 Å². The van der Waals surface area contributed by atoms with Crippen molar-refractivity contribution in [1.29, 1.82) is 0 Å². The number of carbonyl (C=O) groups excluding carboxylic acids is 2. The molecule has 33 heavy (non-hydrogen) atoms. The molecule has 5 heteroatoms. The largest absolute Gasteiger partial charge is 0.360 e. The molecule has 168 valence electrons. The van der Waals surface area contributed by atoms with E-state index >= 15 is 0 Å². The monoisotopic (exact) mass is 439 g/mol. The van der Waals surface area contributed by atoms with Gasteiger partial charge in [0.25, 0.3) is 0 Å². The Labute approximate surface area is 194 Å². The third-order valence-corrected chi connectivity index (χ3v) is 5.89. The number of fused-ring (bicyclic) bond motifs is 1. The number of H-pyrrole nitrogens is 1. The number of para-hydroxylation sites is 1. The first-order valence-corrected chi connectivity index (χ1v) is 11.2. The third kappa shape index (κ3) is 5.38. The van der Waals surface area contributed by atoms with E-state index in [-0.39, 0.29) is 11.7 Å². The summed E-state index contributed by atoms with van der Waals surface area (Å²) in [5.74, 6) is 0.141. The SMILES string of the molecule is CN(C)C(=O)Cc1ccc(CCN[C@@H](C(=O)c2c[nH]c3ccccc23)c2ccccc2)cc1. The molecule has 0 aliphatic carbocycles. The zero-order valence-electron chi connectivity index (χ0n) is 19.0. The van der Waals surface area contributed by atoms with Crippen LogP contribution in [0.2, 0.25) is 0 Å². The highest BCUT2D eigenvalue weighted by Crippen LogP contribution is 2.24. The number of nitrogens with zero attached hydrogens (tertiary/aromatic N) is 1. The molecule has 3 aromatic carbocycles. The van der Waals surface area contributed by atoms with E-state index in [2.05, 4.69) is 22.4 Å². The second-order valence-corrected chi connectivity index (χ2v) is 8.44. The maximum Gasteiger partial charge on any atom is 0.226 e. The van der Waals surface area contributed by atoms with E-state index in [1.54, 1.807) is 25.2 Å². The fourth-order valence-corrected chi connectivity index (χ4v) is 3.96. The van der Waals surface area contributed by atoms with Crippen molar-refractivity contribution in [1.82, 2.24) is 15.2 Å². The highest BCUT2D eigenvalue weighted by atomic mass is 16.2. The van der Waals surface area contributed by atoms with Crippen LogP contribution >= 0.6 is 0 Å². The maximum absolute atomic E-state index is 13.5. The summed E-state index contributed by atoms with van der Waals surface area (Å²) in [7, 11) is 3.53. The first-order valence-electron chi connectivity index (χ1n) is 11.2. The Kier molecular flexibility index (Phi) is 7.01. The number of amides is 1. The van der Waals surface area contributed by atoms with Crippen molar-refractivity contribution in [3.05, 3.63) is 107 Å². The van der Waals surface area contributed by atoms with E-state index in [4.69, 9.17) is 0 Å². The van der Waals surface area contributed by atoms with Gasteiger partial charge in [0.1, 0.15) is 0 Å². The zero-order valence-corrected chi connectivity index (χ0v) is 19.0. The molecule has 2 N–H and O–H groups in total. The summed E-state index contributed by atoms with van der Waals surface area (Å²) in [5.41, 5.74) is 4.77. The molecule has 0 bridgehead atoms. The van der Waals surface area contributed by atoms with Gasteiger partial charge in [0, 0.05) is 43.3 Å². The predicted octanol–water partition coefficient (Wildman–Crippen LogP) is 4.55. The van der Waals surface area contributed by atoms with Crippen LogP contribution in [0.4, 0.5) is 0 Å². The van der Waals surface area contributed by atoms with Crippen molar-refractivity contribution < 1.29 is 9.59 Å². The van der Waals surface area contributed by atoms with Crippen molar-refractivity contribution in [2.24, 2.45) is 0 Å². The van der Waals surface area contributed by atoms with E-state index in [9.17, 15) is 9.59 Å². The van der Waals surface area contributed by atoms with Gasteiger partial charge in [-0.2, -0.15) is 0 Å². The van der Waals surface area contributed by atoms with Gasteiger partial charge in [-0.05, 0) is 29.2 Å². The third-order valence-electron chi connectivity index (χ3n) is 5.89. The standard InChI is InChI=1S/C28H29N3O2/c1-31(2)26(32)18-21-14-12-20(13-15-21)16-17-29-27(22-8-4-3-5-9-22)28(33)24-19-30-25-11-7-6-10-23(24)25/h3-15,19,27,29-30H,16-18H2,1-2H3/t27-/m1/s1. The van der Waals surface area contributed by atoms with Crippen LogP contribution < -0.4 is 5.32 Å². The van der Waals surface area contributed by atoms with Crippen LogP contribution in [0.1, 0.15) is 33.1 Å². The fraction of sp³-hybridized carbons (Fsp3) is 0.214. The Morgan fingerprint density at radius 3 is 2.27 bits per heavy atom. The number of benzene rings is 3. The van der Waals surface area contributed by atoms with E-state index < -0.39 is 6.04 Å². The van der Waals surface area contributed by atoms with Crippen LogP contribution in [-0.2, 0) is 17.6 Å². The number of ketones is 1. The molecule has 1 heterocycles. The molecule has 0 fully saturated rings. The Hall–Kier alpha value is -3.70.